The Kier molecular flexibility index (Phi) is 12.5. The number of ether oxygens (including phenoxy) is 3. The summed E-state index contributed by atoms with van der Waals surface area (Å²) in [6, 6.07) is 0.529. The zero-order chi connectivity index (χ0) is 28.0. The monoisotopic (exact) mass is 559 g/mol. The minimum atomic E-state index is 0. The quantitative estimate of drug-likeness (QED) is 0.223. The molecule has 0 aromatic heterocycles. The number of likely N-dealkylation sites (tertiary alicyclic amines) is 1. The first-order chi connectivity index (χ1) is 18.8. The lowest BCUT2D eigenvalue weighted by atomic mass is 9.58. The summed E-state index contributed by atoms with van der Waals surface area (Å²) in [5.74, 6) is 1.70. The van der Waals surface area contributed by atoms with Crippen molar-refractivity contribution in [2.24, 2.45) is 17.3 Å². The summed E-state index contributed by atoms with van der Waals surface area (Å²) in [7, 11) is 1.73. The largest absolute Gasteiger partial charge is 0.382 e. The molecule has 0 bridgehead atoms. The first-order valence-electron chi connectivity index (χ1n) is 16.2. The Hall–Kier alpha value is -1.01. The van der Waals surface area contributed by atoms with E-state index in [0.29, 0.717) is 43.0 Å². The number of rotatable bonds is 8. The van der Waals surface area contributed by atoms with Gasteiger partial charge in [0.1, 0.15) is 0 Å². The van der Waals surface area contributed by atoms with Gasteiger partial charge in [0.15, 0.2) is 5.78 Å². The predicted molar refractivity (Wildman–Crippen MR) is 166 cm³/mol. The summed E-state index contributed by atoms with van der Waals surface area (Å²) in [4.78, 5) is 14.8. The van der Waals surface area contributed by atoms with Crippen molar-refractivity contribution in [2.75, 3.05) is 40.0 Å². The van der Waals surface area contributed by atoms with Crippen LogP contribution in [0.4, 0.5) is 0 Å². The SMILES string of the molecule is C.CC.COCCOCCN1CC(C)CC2OC3(CCCC(CC4CCCC5=CC(=O)CCC54C)=C(C)C3)CC21. The van der Waals surface area contributed by atoms with Crippen molar-refractivity contribution in [3.63, 3.8) is 0 Å². The molecule has 6 atom stereocenters. The number of hydrogen-bond acceptors (Lipinski definition) is 5. The standard InChI is InChI=1S/C32H51NO4.C2H6.CH4/c1-23-17-30-29(33(22-23)13-14-36-16-15-35-4)21-32(37-30)11-6-7-25(24(2)20-32)18-26-8-5-9-27-19-28(34)10-12-31(26,27)3;1-2;/h19,23,26,29-30H,5-18,20-22H2,1-4H3;1-2H3;1H4. The highest BCUT2D eigenvalue weighted by atomic mass is 16.5. The Bertz CT molecular complexity index is 896. The van der Waals surface area contributed by atoms with Crippen molar-refractivity contribution in [1.82, 2.24) is 4.90 Å². The van der Waals surface area contributed by atoms with Crippen LogP contribution >= 0.6 is 0 Å². The Morgan fingerprint density at radius 3 is 2.67 bits per heavy atom. The minimum Gasteiger partial charge on any atom is -0.382 e. The molecule has 0 aromatic rings. The van der Waals surface area contributed by atoms with E-state index in [1.54, 1.807) is 18.3 Å². The molecule has 0 N–H and O–H groups in total. The molecular weight excluding hydrogens is 498 g/mol. The molecule has 6 unspecified atom stereocenters. The van der Waals surface area contributed by atoms with Gasteiger partial charge in [-0.05, 0) is 101 Å². The van der Waals surface area contributed by atoms with Gasteiger partial charge in [0.2, 0.25) is 0 Å². The van der Waals surface area contributed by atoms with Crippen LogP contribution < -0.4 is 0 Å². The van der Waals surface area contributed by atoms with E-state index in [2.05, 4.69) is 25.7 Å². The fourth-order valence-corrected chi connectivity index (χ4v) is 8.59. The lowest BCUT2D eigenvalue weighted by molar-refractivity contribution is -0.116. The normalized spacial score (nSPS) is 36.1. The summed E-state index contributed by atoms with van der Waals surface area (Å²) in [5.41, 5.74) is 5.00. The highest BCUT2D eigenvalue weighted by Crippen LogP contribution is 2.54. The van der Waals surface area contributed by atoms with Crippen molar-refractivity contribution in [3.8, 4) is 0 Å². The number of nitrogens with zero attached hydrogens (tertiary/aromatic N) is 1. The van der Waals surface area contributed by atoms with Crippen molar-refractivity contribution in [1.29, 1.82) is 0 Å². The van der Waals surface area contributed by atoms with E-state index in [-0.39, 0.29) is 18.4 Å². The summed E-state index contributed by atoms with van der Waals surface area (Å²) in [6.45, 7) is 15.5. The maximum absolute atomic E-state index is 12.1. The molecule has 5 heteroatoms. The molecule has 0 amide bonds. The highest BCUT2D eigenvalue weighted by molar-refractivity contribution is 5.91. The van der Waals surface area contributed by atoms with Crippen LogP contribution in [0, 0.1) is 17.3 Å². The molecule has 1 spiro atoms. The van der Waals surface area contributed by atoms with Gasteiger partial charge in [-0.15, -0.1) is 0 Å². The lowest BCUT2D eigenvalue weighted by Crippen LogP contribution is -2.49. The van der Waals surface area contributed by atoms with Crippen molar-refractivity contribution >= 4 is 5.78 Å². The van der Waals surface area contributed by atoms with Crippen LogP contribution in [0.3, 0.4) is 0 Å². The topological polar surface area (TPSA) is 48.0 Å². The van der Waals surface area contributed by atoms with E-state index in [9.17, 15) is 4.79 Å². The summed E-state index contributed by atoms with van der Waals surface area (Å²) >= 11 is 0. The third-order valence-corrected chi connectivity index (χ3v) is 10.7. The number of fused-ring (bicyclic) bond motifs is 2. The van der Waals surface area contributed by atoms with Crippen LogP contribution in [-0.2, 0) is 19.0 Å². The van der Waals surface area contributed by atoms with E-state index < -0.39 is 0 Å². The Morgan fingerprint density at radius 2 is 1.90 bits per heavy atom. The number of piperidine rings is 1. The average Bonchev–Trinajstić information content (AvgIpc) is 3.19. The molecule has 0 aromatic carbocycles. The predicted octanol–water partition coefficient (Wildman–Crippen LogP) is 7.93. The average molecular weight is 560 g/mol. The number of carbonyl (C=O) groups excluding carboxylic acids is 1. The van der Waals surface area contributed by atoms with Gasteiger partial charge in [-0.3, -0.25) is 9.69 Å². The van der Waals surface area contributed by atoms with E-state index in [1.165, 1.54) is 56.9 Å². The zero-order valence-electron chi connectivity index (χ0n) is 26.0. The highest BCUT2D eigenvalue weighted by Gasteiger charge is 2.51. The van der Waals surface area contributed by atoms with Gasteiger partial charge in [-0.2, -0.15) is 0 Å². The van der Waals surface area contributed by atoms with Gasteiger partial charge in [0.05, 0.1) is 31.5 Å². The Labute approximate surface area is 246 Å². The van der Waals surface area contributed by atoms with E-state index >= 15 is 0 Å². The third kappa shape index (κ3) is 7.49. The van der Waals surface area contributed by atoms with E-state index in [0.717, 1.165) is 45.4 Å². The fraction of sp³-hybridized carbons (Fsp3) is 0.857. The van der Waals surface area contributed by atoms with Crippen LogP contribution in [0.25, 0.3) is 0 Å². The summed E-state index contributed by atoms with van der Waals surface area (Å²) in [5, 5.41) is 0. The number of allylic oxidation sites excluding steroid dienone is 3. The summed E-state index contributed by atoms with van der Waals surface area (Å²) < 4.78 is 18.0. The number of carbonyl (C=O) groups is 1. The van der Waals surface area contributed by atoms with Gasteiger partial charge in [0.25, 0.3) is 0 Å². The fourth-order valence-electron chi connectivity index (χ4n) is 8.59. The Morgan fingerprint density at radius 1 is 1.10 bits per heavy atom. The van der Waals surface area contributed by atoms with Gasteiger partial charge >= 0.3 is 0 Å². The number of hydrogen-bond donors (Lipinski definition) is 0. The van der Waals surface area contributed by atoms with Gasteiger partial charge < -0.3 is 14.2 Å². The zero-order valence-corrected chi connectivity index (χ0v) is 26.0. The molecular formula is C35H61NO4. The first kappa shape index (κ1) is 33.5. The molecule has 2 aliphatic heterocycles. The first-order valence-corrected chi connectivity index (χ1v) is 16.2. The van der Waals surface area contributed by atoms with Crippen molar-refractivity contribution < 1.29 is 19.0 Å². The molecule has 40 heavy (non-hydrogen) atoms. The minimum absolute atomic E-state index is 0. The van der Waals surface area contributed by atoms with Crippen molar-refractivity contribution in [3.05, 3.63) is 22.8 Å². The van der Waals surface area contributed by atoms with Crippen LogP contribution in [0.15, 0.2) is 22.8 Å². The summed E-state index contributed by atoms with van der Waals surface area (Å²) in [6.07, 6.45) is 16.2. The lowest BCUT2D eigenvalue weighted by Gasteiger charge is -2.46. The van der Waals surface area contributed by atoms with Crippen LogP contribution in [-0.4, -0.2) is 68.4 Å². The molecule has 5 aliphatic rings. The molecule has 5 nitrogen and oxygen atoms in total. The van der Waals surface area contributed by atoms with Gasteiger partial charge in [-0.25, -0.2) is 0 Å². The van der Waals surface area contributed by atoms with E-state index in [1.807, 2.05) is 19.9 Å². The smallest absolute Gasteiger partial charge is 0.155 e. The maximum Gasteiger partial charge on any atom is 0.155 e. The maximum atomic E-state index is 12.1. The molecule has 230 valence electrons. The molecule has 5 rings (SSSR count). The van der Waals surface area contributed by atoms with Gasteiger partial charge in [0, 0.05) is 32.7 Å². The number of ketones is 1. The van der Waals surface area contributed by atoms with Crippen LogP contribution in [0.2, 0.25) is 0 Å². The van der Waals surface area contributed by atoms with Crippen LogP contribution in [0.1, 0.15) is 119 Å². The van der Waals surface area contributed by atoms with Crippen LogP contribution in [0.5, 0.6) is 0 Å². The molecule has 3 fully saturated rings. The van der Waals surface area contributed by atoms with Crippen molar-refractivity contribution in [2.45, 2.75) is 137 Å². The Balaban J connectivity index is 0.00000144. The molecule has 3 aliphatic carbocycles. The third-order valence-electron chi connectivity index (χ3n) is 10.7. The molecule has 2 saturated heterocycles. The second-order valence-electron chi connectivity index (χ2n) is 13.3. The second-order valence-corrected chi connectivity index (χ2v) is 13.3. The molecule has 2 heterocycles. The molecule has 0 radical (unpaired) electrons. The second kappa shape index (κ2) is 14.9. The van der Waals surface area contributed by atoms with E-state index in [4.69, 9.17) is 14.2 Å². The molecule has 1 saturated carbocycles. The number of methoxy groups -OCH3 is 1. The van der Waals surface area contributed by atoms with Gasteiger partial charge in [-0.1, -0.05) is 51.8 Å².